The normalized spacial score (nSPS) is 15.9. The Hall–Kier alpha value is -3.19. The van der Waals surface area contributed by atoms with Gasteiger partial charge in [0, 0.05) is 21.8 Å². The van der Waals surface area contributed by atoms with Gasteiger partial charge in [0.05, 0.1) is 25.3 Å². The van der Waals surface area contributed by atoms with Crippen molar-refractivity contribution >= 4 is 23.6 Å². The summed E-state index contributed by atoms with van der Waals surface area (Å²) in [5.74, 6) is 0.349. The molecule has 0 saturated heterocycles. The first kappa shape index (κ1) is 21.5. The van der Waals surface area contributed by atoms with E-state index in [4.69, 9.17) is 25.8 Å². The van der Waals surface area contributed by atoms with Crippen LogP contribution in [0.15, 0.2) is 53.7 Å². The van der Waals surface area contributed by atoms with Gasteiger partial charge in [-0.3, -0.25) is 0 Å². The minimum atomic E-state index is -0.769. The zero-order chi connectivity index (χ0) is 21.7. The van der Waals surface area contributed by atoms with Crippen LogP contribution in [0, 0.1) is 0 Å². The Morgan fingerprint density at radius 2 is 1.93 bits per heavy atom. The van der Waals surface area contributed by atoms with E-state index in [1.54, 1.807) is 38.1 Å². The molecule has 0 unspecified atom stereocenters. The van der Waals surface area contributed by atoms with Crippen molar-refractivity contribution in [2.45, 2.75) is 26.5 Å². The maximum Gasteiger partial charge on any atom is 0.338 e. The van der Waals surface area contributed by atoms with E-state index < -0.39 is 18.0 Å². The lowest BCUT2D eigenvalue weighted by molar-refractivity contribution is -0.139. The van der Waals surface area contributed by atoms with E-state index in [2.05, 4.69) is 10.6 Å². The average Bonchev–Trinajstić information content (AvgIpc) is 2.72. The highest BCUT2D eigenvalue weighted by molar-refractivity contribution is 6.31. The Kier molecular flexibility index (Phi) is 6.84. The Bertz CT molecular complexity index is 989. The molecule has 1 heterocycles. The first-order valence-corrected chi connectivity index (χ1v) is 9.82. The molecule has 2 amide bonds. The molecule has 1 aliphatic rings. The van der Waals surface area contributed by atoms with Crippen molar-refractivity contribution in [3.8, 4) is 11.5 Å². The van der Waals surface area contributed by atoms with Gasteiger partial charge in [0.2, 0.25) is 0 Å². The number of nitrogens with one attached hydrogen (secondary N) is 2. The molecular weight excluding hydrogens is 408 g/mol. The Labute approximate surface area is 180 Å². The fourth-order valence-electron chi connectivity index (χ4n) is 3.25. The van der Waals surface area contributed by atoms with Crippen LogP contribution in [0.2, 0.25) is 5.02 Å². The summed E-state index contributed by atoms with van der Waals surface area (Å²) in [4.78, 5) is 24.8. The van der Waals surface area contributed by atoms with Crippen LogP contribution in [-0.4, -0.2) is 25.7 Å². The summed E-state index contributed by atoms with van der Waals surface area (Å²) in [5, 5.41) is 5.98. The van der Waals surface area contributed by atoms with Gasteiger partial charge in [-0.15, -0.1) is 0 Å². The number of esters is 1. The second-order valence-corrected chi connectivity index (χ2v) is 6.96. The van der Waals surface area contributed by atoms with Crippen molar-refractivity contribution in [1.29, 1.82) is 0 Å². The first-order valence-electron chi connectivity index (χ1n) is 9.44. The van der Waals surface area contributed by atoms with Gasteiger partial charge in [-0.2, -0.15) is 0 Å². The monoisotopic (exact) mass is 430 g/mol. The lowest BCUT2D eigenvalue weighted by Gasteiger charge is -2.29. The van der Waals surface area contributed by atoms with Crippen molar-refractivity contribution < 1.29 is 23.8 Å². The fourth-order valence-corrected chi connectivity index (χ4v) is 3.44. The van der Waals surface area contributed by atoms with E-state index in [0.29, 0.717) is 33.4 Å². The Morgan fingerprint density at radius 1 is 1.17 bits per heavy atom. The van der Waals surface area contributed by atoms with Crippen molar-refractivity contribution in [1.82, 2.24) is 10.6 Å². The maximum atomic E-state index is 12.6. The van der Waals surface area contributed by atoms with Crippen molar-refractivity contribution in [3.63, 3.8) is 0 Å². The number of carbonyl (C=O) groups excluding carboxylic acids is 2. The molecule has 0 spiro atoms. The first-order chi connectivity index (χ1) is 14.5. The third-order valence-corrected chi connectivity index (χ3v) is 5.00. The molecule has 1 aliphatic heterocycles. The molecule has 3 rings (SSSR count). The molecule has 2 N–H and O–H groups in total. The molecule has 30 heavy (non-hydrogen) atoms. The number of amides is 2. The smallest absolute Gasteiger partial charge is 0.338 e. The zero-order valence-corrected chi connectivity index (χ0v) is 17.7. The number of carbonyl (C=O) groups is 2. The van der Waals surface area contributed by atoms with E-state index in [0.717, 1.165) is 5.56 Å². The van der Waals surface area contributed by atoms with E-state index in [9.17, 15) is 9.59 Å². The second kappa shape index (κ2) is 9.54. The number of urea groups is 1. The highest BCUT2D eigenvalue weighted by Crippen LogP contribution is 2.40. The van der Waals surface area contributed by atoms with Gasteiger partial charge < -0.3 is 24.8 Å². The number of hydrogen-bond acceptors (Lipinski definition) is 5. The van der Waals surface area contributed by atoms with Crippen molar-refractivity contribution in [3.05, 3.63) is 69.9 Å². The van der Waals surface area contributed by atoms with E-state index >= 15 is 0 Å². The van der Waals surface area contributed by atoms with Crippen LogP contribution in [0.25, 0.3) is 0 Å². The molecule has 1 atom stereocenters. The van der Waals surface area contributed by atoms with Gasteiger partial charge in [0.15, 0.2) is 11.5 Å². The molecule has 0 fully saturated rings. The number of para-hydroxylation sites is 1. The minimum Gasteiger partial charge on any atom is -0.493 e. The summed E-state index contributed by atoms with van der Waals surface area (Å²) in [5.41, 5.74) is 2.08. The lowest BCUT2D eigenvalue weighted by Crippen LogP contribution is -2.45. The summed E-state index contributed by atoms with van der Waals surface area (Å²) in [6.07, 6.45) is 0. The summed E-state index contributed by atoms with van der Waals surface area (Å²) in [7, 11) is 1.52. The third-order valence-electron chi connectivity index (χ3n) is 4.63. The SMILES string of the molecule is CCOC(=O)C1=C(C)NC(=O)N[C@H]1c1cccc(OC)c1OCc1ccccc1Cl. The van der Waals surface area contributed by atoms with Crippen LogP contribution in [0.3, 0.4) is 0 Å². The van der Waals surface area contributed by atoms with Gasteiger partial charge in [-0.1, -0.05) is 41.9 Å². The van der Waals surface area contributed by atoms with Gasteiger partial charge in [0.25, 0.3) is 0 Å². The number of ether oxygens (including phenoxy) is 3. The van der Waals surface area contributed by atoms with E-state index in [-0.39, 0.29) is 13.2 Å². The van der Waals surface area contributed by atoms with Crippen molar-refractivity contribution in [2.24, 2.45) is 0 Å². The topological polar surface area (TPSA) is 85.9 Å². The van der Waals surface area contributed by atoms with Crippen LogP contribution in [0.4, 0.5) is 4.79 Å². The van der Waals surface area contributed by atoms with Gasteiger partial charge in [0.1, 0.15) is 6.61 Å². The number of rotatable bonds is 7. The molecule has 8 heteroatoms. The zero-order valence-electron chi connectivity index (χ0n) is 17.0. The molecule has 0 bridgehead atoms. The largest absolute Gasteiger partial charge is 0.493 e. The molecule has 2 aromatic rings. The Balaban J connectivity index is 2.03. The number of benzene rings is 2. The fraction of sp³-hybridized carbons (Fsp3) is 0.273. The molecule has 7 nitrogen and oxygen atoms in total. The van der Waals surface area contributed by atoms with Crippen LogP contribution in [0.1, 0.15) is 31.0 Å². The van der Waals surface area contributed by atoms with E-state index in [1.165, 1.54) is 7.11 Å². The van der Waals surface area contributed by atoms with Crippen LogP contribution >= 0.6 is 11.6 Å². The number of hydrogen-bond donors (Lipinski definition) is 2. The third kappa shape index (κ3) is 4.52. The van der Waals surface area contributed by atoms with Gasteiger partial charge >= 0.3 is 12.0 Å². The molecule has 0 radical (unpaired) electrons. The molecule has 0 saturated carbocycles. The highest BCUT2D eigenvalue weighted by atomic mass is 35.5. The van der Waals surface area contributed by atoms with Crippen LogP contribution in [-0.2, 0) is 16.1 Å². The average molecular weight is 431 g/mol. The predicted octanol–water partition coefficient (Wildman–Crippen LogP) is 4.12. The van der Waals surface area contributed by atoms with Crippen LogP contribution in [0.5, 0.6) is 11.5 Å². The maximum absolute atomic E-state index is 12.6. The van der Waals surface area contributed by atoms with Crippen molar-refractivity contribution in [2.75, 3.05) is 13.7 Å². The highest BCUT2D eigenvalue weighted by Gasteiger charge is 2.34. The molecule has 2 aromatic carbocycles. The Morgan fingerprint density at radius 3 is 2.63 bits per heavy atom. The molecule has 0 aromatic heterocycles. The minimum absolute atomic E-state index is 0.184. The standard InChI is InChI=1S/C22H23ClN2O5/c1-4-29-21(26)18-13(2)24-22(27)25-19(18)15-9-7-11-17(28-3)20(15)30-12-14-8-5-6-10-16(14)23/h5-11,19H,4,12H2,1-3H3,(H2,24,25,27)/t19-/m0/s1. The van der Waals surface area contributed by atoms with Gasteiger partial charge in [-0.05, 0) is 26.0 Å². The molecular formula is C22H23ClN2O5. The number of halogens is 1. The summed E-state index contributed by atoms with van der Waals surface area (Å²) in [6.45, 7) is 3.78. The predicted molar refractivity (Wildman–Crippen MR) is 113 cm³/mol. The second-order valence-electron chi connectivity index (χ2n) is 6.55. The number of methoxy groups -OCH3 is 1. The van der Waals surface area contributed by atoms with Gasteiger partial charge in [-0.25, -0.2) is 9.59 Å². The van der Waals surface area contributed by atoms with E-state index in [1.807, 2.05) is 18.2 Å². The summed E-state index contributed by atoms with van der Waals surface area (Å²) in [6, 6.07) is 11.4. The number of allylic oxidation sites excluding steroid dienone is 1. The molecule has 0 aliphatic carbocycles. The summed E-state index contributed by atoms with van der Waals surface area (Å²) >= 11 is 6.25. The summed E-state index contributed by atoms with van der Waals surface area (Å²) < 4.78 is 16.8. The van der Waals surface area contributed by atoms with Crippen LogP contribution < -0.4 is 20.1 Å². The lowest BCUT2D eigenvalue weighted by atomic mass is 9.94. The molecule has 158 valence electrons. The quantitative estimate of drug-likeness (QED) is 0.645.